The van der Waals surface area contributed by atoms with E-state index in [1.807, 2.05) is 0 Å². The molecule has 0 aromatic heterocycles. The Kier molecular flexibility index (Phi) is 3.08. The molecule has 0 saturated carbocycles. The van der Waals surface area contributed by atoms with Crippen LogP contribution in [-0.2, 0) is 11.2 Å². The fraction of sp³-hybridized carbons (Fsp3) is 0.538. The summed E-state index contributed by atoms with van der Waals surface area (Å²) in [5.41, 5.74) is 8.74. The van der Waals surface area contributed by atoms with Gasteiger partial charge in [-0.15, -0.1) is 0 Å². The van der Waals surface area contributed by atoms with Crippen LogP contribution >= 0.6 is 0 Å². The van der Waals surface area contributed by atoms with Gasteiger partial charge in [-0.25, -0.2) is 0 Å². The number of hydrogen-bond donors (Lipinski definition) is 1. The monoisotopic (exact) mass is 205 g/mol. The fourth-order valence-electron chi connectivity index (χ4n) is 2.16. The molecular formula is C13H19NO. The van der Waals surface area contributed by atoms with Gasteiger partial charge in [0.15, 0.2) is 0 Å². The van der Waals surface area contributed by atoms with Gasteiger partial charge >= 0.3 is 0 Å². The molecule has 0 amide bonds. The van der Waals surface area contributed by atoms with E-state index in [0.29, 0.717) is 0 Å². The van der Waals surface area contributed by atoms with Crippen LogP contribution in [0.25, 0.3) is 0 Å². The lowest BCUT2D eigenvalue weighted by atomic mass is 9.81. The average molecular weight is 205 g/mol. The summed E-state index contributed by atoms with van der Waals surface area (Å²) in [5.74, 6) is 0. The van der Waals surface area contributed by atoms with E-state index in [-0.39, 0.29) is 5.41 Å². The minimum Gasteiger partial charge on any atom is -0.381 e. The van der Waals surface area contributed by atoms with E-state index in [1.165, 1.54) is 11.1 Å². The normalized spacial score (nSPS) is 25.7. The van der Waals surface area contributed by atoms with Crippen LogP contribution in [0, 0.1) is 12.3 Å². The maximum absolute atomic E-state index is 5.87. The SMILES string of the molecule is Cc1ccc(CC2(CN)CCOC2)cc1. The quantitative estimate of drug-likeness (QED) is 0.818. The molecule has 2 N–H and O–H groups in total. The smallest absolute Gasteiger partial charge is 0.0538 e. The van der Waals surface area contributed by atoms with Gasteiger partial charge in [-0.2, -0.15) is 0 Å². The van der Waals surface area contributed by atoms with Gasteiger partial charge in [0.2, 0.25) is 0 Å². The van der Waals surface area contributed by atoms with Gasteiger partial charge in [0.05, 0.1) is 6.61 Å². The Balaban J connectivity index is 2.09. The highest BCUT2D eigenvalue weighted by molar-refractivity contribution is 5.22. The molecule has 0 radical (unpaired) electrons. The molecule has 1 atom stereocenters. The lowest BCUT2D eigenvalue weighted by Crippen LogP contribution is -2.33. The van der Waals surface area contributed by atoms with Gasteiger partial charge < -0.3 is 10.5 Å². The minimum atomic E-state index is 0.190. The molecule has 0 aliphatic carbocycles. The number of hydrogen-bond acceptors (Lipinski definition) is 2. The second kappa shape index (κ2) is 4.33. The highest BCUT2D eigenvalue weighted by atomic mass is 16.5. The van der Waals surface area contributed by atoms with E-state index in [9.17, 15) is 0 Å². The van der Waals surface area contributed by atoms with Crippen LogP contribution in [0.5, 0.6) is 0 Å². The Morgan fingerprint density at radius 1 is 1.33 bits per heavy atom. The van der Waals surface area contributed by atoms with Gasteiger partial charge in [0.1, 0.15) is 0 Å². The van der Waals surface area contributed by atoms with Crippen molar-refractivity contribution in [2.45, 2.75) is 19.8 Å². The van der Waals surface area contributed by atoms with E-state index >= 15 is 0 Å². The summed E-state index contributed by atoms with van der Waals surface area (Å²) in [4.78, 5) is 0. The molecule has 1 aromatic carbocycles. The summed E-state index contributed by atoms with van der Waals surface area (Å²) in [5, 5.41) is 0. The molecule has 1 heterocycles. The van der Waals surface area contributed by atoms with Crippen LogP contribution in [0.1, 0.15) is 17.5 Å². The summed E-state index contributed by atoms with van der Waals surface area (Å²) >= 11 is 0. The standard InChI is InChI=1S/C13H19NO/c1-11-2-4-12(5-3-11)8-13(9-14)6-7-15-10-13/h2-5H,6-10,14H2,1H3. The highest BCUT2D eigenvalue weighted by Crippen LogP contribution is 2.31. The van der Waals surface area contributed by atoms with Crippen molar-refractivity contribution in [3.63, 3.8) is 0 Å². The van der Waals surface area contributed by atoms with E-state index in [4.69, 9.17) is 10.5 Å². The summed E-state index contributed by atoms with van der Waals surface area (Å²) in [6.45, 7) is 4.52. The second-order valence-electron chi connectivity index (χ2n) is 4.67. The summed E-state index contributed by atoms with van der Waals surface area (Å²) in [6, 6.07) is 8.72. The topological polar surface area (TPSA) is 35.2 Å². The number of nitrogens with two attached hydrogens (primary N) is 1. The van der Waals surface area contributed by atoms with Gasteiger partial charge in [0.25, 0.3) is 0 Å². The first-order valence-electron chi connectivity index (χ1n) is 5.57. The van der Waals surface area contributed by atoms with Crippen molar-refractivity contribution in [3.8, 4) is 0 Å². The minimum absolute atomic E-state index is 0.190. The Labute approximate surface area is 91.4 Å². The first kappa shape index (κ1) is 10.7. The third kappa shape index (κ3) is 2.39. The van der Waals surface area contributed by atoms with Crippen LogP contribution in [0.2, 0.25) is 0 Å². The molecule has 2 heteroatoms. The van der Waals surface area contributed by atoms with Gasteiger partial charge in [-0.1, -0.05) is 29.8 Å². The van der Waals surface area contributed by atoms with Crippen molar-refractivity contribution in [1.29, 1.82) is 0 Å². The molecule has 0 bridgehead atoms. The maximum atomic E-state index is 5.87. The van der Waals surface area contributed by atoms with E-state index in [1.54, 1.807) is 0 Å². The molecule has 82 valence electrons. The third-order valence-corrected chi connectivity index (χ3v) is 3.32. The second-order valence-corrected chi connectivity index (χ2v) is 4.67. The van der Waals surface area contributed by atoms with Gasteiger partial charge in [-0.3, -0.25) is 0 Å². The molecule has 15 heavy (non-hydrogen) atoms. The van der Waals surface area contributed by atoms with E-state index in [0.717, 1.165) is 32.6 Å². The third-order valence-electron chi connectivity index (χ3n) is 3.32. The van der Waals surface area contributed by atoms with Crippen molar-refractivity contribution in [2.75, 3.05) is 19.8 Å². The molecule has 1 saturated heterocycles. The van der Waals surface area contributed by atoms with Crippen LogP contribution < -0.4 is 5.73 Å². The lowest BCUT2D eigenvalue weighted by molar-refractivity contribution is 0.154. The molecular weight excluding hydrogens is 186 g/mol. The summed E-state index contributed by atoms with van der Waals surface area (Å²) in [6.07, 6.45) is 2.14. The lowest BCUT2D eigenvalue weighted by Gasteiger charge is -2.25. The molecule has 1 aliphatic rings. The van der Waals surface area contributed by atoms with Crippen molar-refractivity contribution in [3.05, 3.63) is 35.4 Å². The molecule has 1 fully saturated rings. The average Bonchev–Trinajstić information content (AvgIpc) is 2.71. The predicted molar refractivity (Wildman–Crippen MR) is 61.8 cm³/mol. The number of benzene rings is 1. The van der Waals surface area contributed by atoms with Gasteiger partial charge in [0, 0.05) is 18.6 Å². The Hall–Kier alpha value is -0.860. The van der Waals surface area contributed by atoms with Crippen molar-refractivity contribution < 1.29 is 4.74 Å². The van der Waals surface area contributed by atoms with Crippen LogP contribution in [0.4, 0.5) is 0 Å². The Morgan fingerprint density at radius 3 is 2.60 bits per heavy atom. The van der Waals surface area contributed by atoms with Crippen LogP contribution in [0.3, 0.4) is 0 Å². The molecule has 1 unspecified atom stereocenters. The number of rotatable bonds is 3. The first-order chi connectivity index (χ1) is 7.24. The zero-order chi connectivity index (χ0) is 10.7. The van der Waals surface area contributed by atoms with E-state index in [2.05, 4.69) is 31.2 Å². The molecule has 2 rings (SSSR count). The molecule has 0 spiro atoms. The highest BCUT2D eigenvalue weighted by Gasteiger charge is 2.33. The zero-order valence-corrected chi connectivity index (χ0v) is 9.33. The molecule has 1 aliphatic heterocycles. The predicted octanol–water partition coefficient (Wildman–Crippen LogP) is 1.90. The number of ether oxygens (including phenoxy) is 1. The molecule has 2 nitrogen and oxygen atoms in total. The van der Waals surface area contributed by atoms with Crippen LogP contribution in [-0.4, -0.2) is 19.8 Å². The maximum Gasteiger partial charge on any atom is 0.0538 e. The van der Waals surface area contributed by atoms with Crippen LogP contribution in [0.15, 0.2) is 24.3 Å². The first-order valence-corrected chi connectivity index (χ1v) is 5.57. The molecule has 1 aromatic rings. The summed E-state index contributed by atoms with van der Waals surface area (Å²) in [7, 11) is 0. The Bertz CT molecular complexity index is 312. The Morgan fingerprint density at radius 2 is 2.07 bits per heavy atom. The van der Waals surface area contributed by atoms with E-state index < -0.39 is 0 Å². The van der Waals surface area contributed by atoms with Crippen molar-refractivity contribution in [1.82, 2.24) is 0 Å². The largest absolute Gasteiger partial charge is 0.381 e. The fourth-order valence-corrected chi connectivity index (χ4v) is 2.16. The van der Waals surface area contributed by atoms with Crippen molar-refractivity contribution >= 4 is 0 Å². The van der Waals surface area contributed by atoms with Crippen molar-refractivity contribution in [2.24, 2.45) is 11.1 Å². The summed E-state index contributed by atoms with van der Waals surface area (Å²) < 4.78 is 5.47. The number of aryl methyl sites for hydroxylation is 1. The zero-order valence-electron chi connectivity index (χ0n) is 9.33. The van der Waals surface area contributed by atoms with Gasteiger partial charge in [-0.05, 0) is 25.3 Å².